The molecule has 1 aromatic rings. The van der Waals surface area contributed by atoms with E-state index in [2.05, 4.69) is 25.8 Å². The third-order valence-corrected chi connectivity index (χ3v) is 11.5. The van der Waals surface area contributed by atoms with Crippen molar-refractivity contribution in [3.05, 3.63) is 35.1 Å². The molecule has 302 valence electrons. The van der Waals surface area contributed by atoms with E-state index in [0.717, 1.165) is 24.0 Å². The third-order valence-electron chi connectivity index (χ3n) is 11.5. The van der Waals surface area contributed by atoms with Crippen molar-refractivity contribution >= 4 is 35.7 Å². The van der Waals surface area contributed by atoms with Gasteiger partial charge in [0.25, 0.3) is 0 Å². The van der Waals surface area contributed by atoms with Crippen LogP contribution in [0.4, 0.5) is 4.79 Å². The molecule has 0 bridgehead atoms. The Morgan fingerprint density at radius 1 is 1.13 bits per heavy atom. The molecule has 2 fully saturated rings. The van der Waals surface area contributed by atoms with Gasteiger partial charge in [0.05, 0.1) is 30.7 Å². The number of carbonyl (C=O) groups is 5. The minimum absolute atomic E-state index is 0.0674. The molecule has 6 atom stereocenters. The van der Waals surface area contributed by atoms with Gasteiger partial charge in [-0.15, -0.1) is 0 Å². The van der Waals surface area contributed by atoms with Crippen LogP contribution in [-0.2, 0) is 29.3 Å². The van der Waals surface area contributed by atoms with E-state index in [0.29, 0.717) is 49.6 Å². The van der Waals surface area contributed by atoms with Crippen molar-refractivity contribution in [2.45, 2.75) is 100 Å². The predicted molar refractivity (Wildman–Crippen MR) is 199 cm³/mol. The normalized spacial score (nSPS) is 26.1. The zero-order valence-electron chi connectivity index (χ0n) is 31.9. The number of piperidine rings is 2. The Bertz CT molecular complexity index is 1720. The zero-order chi connectivity index (χ0) is 40.1. The van der Waals surface area contributed by atoms with Crippen LogP contribution in [0.25, 0.3) is 0 Å². The molecule has 4 aliphatic rings. The van der Waals surface area contributed by atoms with Crippen LogP contribution >= 0.6 is 0 Å². The van der Waals surface area contributed by atoms with Gasteiger partial charge in [0.15, 0.2) is 23.6 Å². The van der Waals surface area contributed by atoms with Crippen molar-refractivity contribution in [2.24, 2.45) is 16.5 Å². The monoisotopic (exact) mass is 770 g/mol. The Labute approximate surface area is 320 Å². The number of carboxylic acid groups (broad SMARTS) is 1. The topological polar surface area (TPSA) is 260 Å². The lowest BCUT2D eigenvalue weighted by atomic mass is 9.54. The van der Waals surface area contributed by atoms with Gasteiger partial charge in [-0.2, -0.15) is 0 Å². The molecule has 0 radical (unpaired) electrons. The summed E-state index contributed by atoms with van der Waals surface area (Å²) in [5.74, 6) is -2.16. The predicted octanol–water partition coefficient (Wildman–Crippen LogP) is -0.0183. The molecule has 5 rings (SSSR count). The van der Waals surface area contributed by atoms with Crippen LogP contribution in [0.1, 0.15) is 69.4 Å². The van der Waals surface area contributed by atoms with Crippen molar-refractivity contribution in [1.29, 1.82) is 0 Å². The van der Waals surface area contributed by atoms with Crippen LogP contribution in [0.15, 0.2) is 29.0 Å². The number of aryl methyl sites for hydroxylation is 1. The second-order valence-corrected chi connectivity index (χ2v) is 14.8. The van der Waals surface area contributed by atoms with E-state index >= 15 is 0 Å². The molecule has 3 aliphatic heterocycles. The highest BCUT2D eigenvalue weighted by Gasteiger charge is 2.69. The molecule has 4 amide bonds. The summed E-state index contributed by atoms with van der Waals surface area (Å²) >= 11 is 0. The van der Waals surface area contributed by atoms with Gasteiger partial charge in [-0.25, -0.2) is 4.79 Å². The lowest BCUT2D eigenvalue weighted by Gasteiger charge is -2.58. The van der Waals surface area contributed by atoms with E-state index in [1.807, 2.05) is 33.0 Å². The summed E-state index contributed by atoms with van der Waals surface area (Å²) < 4.78 is 18.6. The zero-order valence-corrected chi connectivity index (χ0v) is 31.9. The number of amides is 4. The van der Waals surface area contributed by atoms with Gasteiger partial charge >= 0.3 is 12.1 Å². The van der Waals surface area contributed by atoms with Gasteiger partial charge in [0.1, 0.15) is 18.2 Å². The fourth-order valence-corrected chi connectivity index (χ4v) is 8.51. The van der Waals surface area contributed by atoms with Crippen LogP contribution in [0.2, 0.25) is 0 Å². The first-order valence-corrected chi connectivity index (χ1v) is 18.7. The number of nitrogens with one attached hydrogen (secondary N) is 3. The summed E-state index contributed by atoms with van der Waals surface area (Å²) in [4.78, 5) is 70.3. The number of benzene rings is 1. The van der Waals surface area contributed by atoms with E-state index in [1.165, 1.54) is 0 Å². The number of hydrogen-bond acceptors (Lipinski definition) is 11. The Morgan fingerprint density at radius 3 is 2.60 bits per heavy atom. The molecule has 1 aliphatic carbocycles. The molecule has 6 unspecified atom stereocenters. The maximum Gasteiger partial charge on any atom is 0.415 e. The number of nitrogens with two attached hydrogens (primary N) is 2. The van der Waals surface area contributed by atoms with Gasteiger partial charge in [-0.1, -0.05) is 6.07 Å². The fraction of sp³-hybridized carbons (Fsp3) is 0.622. The number of guanidine groups is 1. The molecule has 0 saturated carbocycles. The van der Waals surface area contributed by atoms with Gasteiger partial charge < -0.3 is 61.6 Å². The van der Waals surface area contributed by atoms with Gasteiger partial charge in [0, 0.05) is 37.7 Å². The number of ether oxygens (including phenoxy) is 3. The molecule has 0 aromatic heterocycles. The maximum atomic E-state index is 14.1. The molecule has 18 nitrogen and oxygen atoms in total. The van der Waals surface area contributed by atoms with Gasteiger partial charge in [-0.05, 0) is 83.7 Å². The number of aliphatic hydroxyl groups is 1. The van der Waals surface area contributed by atoms with Crippen molar-refractivity contribution in [1.82, 2.24) is 25.8 Å². The summed E-state index contributed by atoms with van der Waals surface area (Å²) in [6.45, 7) is 4.80. The second-order valence-electron chi connectivity index (χ2n) is 14.8. The van der Waals surface area contributed by atoms with Gasteiger partial charge in [-0.3, -0.25) is 24.2 Å². The highest BCUT2D eigenvalue weighted by molar-refractivity contribution is 5.95. The minimum Gasteiger partial charge on any atom is -0.493 e. The summed E-state index contributed by atoms with van der Waals surface area (Å²) in [5, 5.41) is 29.0. The Kier molecular flexibility index (Phi) is 12.8. The first-order chi connectivity index (χ1) is 26.1. The minimum atomic E-state index is -1.35. The highest BCUT2D eigenvalue weighted by atomic mass is 16.6. The average molecular weight is 771 g/mol. The van der Waals surface area contributed by atoms with E-state index in [4.69, 9.17) is 30.8 Å². The second kappa shape index (κ2) is 17.1. The molecule has 3 heterocycles. The quantitative estimate of drug-likeness (QED) is 0.0569. The van der Waals surface area contributed by atoms with E-state index in [9.17, 15) is 29.1 Å². The number of likely N-dealkylation sites (N-methyl/N-ethyl adjacent to an activating group) is 1. The van der Waals surface area contributed by atoms with Crippen molar-refractivity contribution in [2.75, 3.05) is 46.9 Å². The molecule has 9 N–H and O–H groups in total. The first kappa shape index (κ1) is 41.1. The maximum absolute atomic E-state index is 14.1. The number of nitrogens with zero attached hydrogens (tertiary/aromatic N) is 3. The number of rotatable bonds is 14. The molecule has 18 heteroatoms. The lowest BCUT2D eigenvalue weighted by Crippen LogP contribution is -2.71. The number of fused-ring (bicyclic) bond motifs is 1. The van der Waals surface area contributed by atoms with Crippen LogP contribution in [0.5, 0.6) is 11.5 Å². The summed E-state index contributed by atoms with van der Waals surface area (Å²) in [5.41, 5.74) is 10.5. The molecule has 1 spiro atoms. The first-order valence-electron chi connectivity index (χ1n) is 18.7. The van der Waals surface area contributed by atoms with Crippen molar-refractivity contribution in [3.8, 4) is 11.5 Å². The van der Waals surface area contributed by atoms with E-state index < -0.39 is 72.0 Å². The molecule has 2 saturated heterocycles. The Morgan fingerprint density at radius 2 is 1.89 bits per heavy atom. The van der Waals surface area contributed by atoms with E-state index in [1.54, 1.807) is 18.1 Å². The number of aliphatic imine (C=N–C) groups is 1. The average Bonchev–Trinajstić information content (AvgIpc) is 3.51. The van der Waals surface area contributed by atoms with Crippen molar-refractivity contribution in [3.63, 3.8) is 0 Å². The smallest absolute Gasteiger partial charge is 0.415 e. The lowest BCUT2D eigenvalue weighted by molar-refractivity contribution is -0.153. The molecular weight excluding hydrogens is 716 g/mol. The summed E-state index contributed by atoms with van der Waals surface area (Å²) in [7, 11) is 3.55. The number of hydrogen-bond donors (Lipinski definition) is 7. The van der Waals surface area contributed by atoms with Crippen LogP contribution in [0.3, 0.4) is 0 Å². The highest BCUT2D eigenvalue weighted by Crippen LogP contribution is 2.62. The summed E-state index contributed by atoms with van der Waals surface area (Å²) in [6, 6.07) is 2.09. The number of aliphatic carboxylic acids is 1. The Balaban J connectivity index is 1.30. The SMILES string of the molecule is COc1ccc(C)c2c1OC1C(OC(=O)N3CCCCC3CNC(=O)C(CCCN=C(N)N)NC(=O)CNC(=O)CC(=O)O)=CCC3(O)C(C)N(C)CCC213. The number of carboxylic acids is 1. The molecule has 1 aromatic carbocycles. The number of methoxy groups -OCH3 is 1. The largest absolute Gasteiger partial charge is 0.493 e. The molecular formula is C37H54N8O10. The van der Waals surface area contributed by atoms with Crippen LogP contribution in [0, 0.1) is 6.92 Å². The van der Waals surface area contributed by atoms with E-state index in [-0.39, 0.29) is 37.9 Å². The standard InChI is InChI=1S/C37H54N8O10/c1-21-10-11-25(53-4)31-30(21)36-14-17-44(3)22(2)37(36,52)13-12-26(32(36)55-31)54-35(51)45-16-6-5-8-23(45)19-42-33(50)24(9-7-15-40-34(38)39)43-28(47)20-41-27(46)18-29(48)49/h10-12,22-24,32,52H,5-9,13-20H2,1-4H3,(H,41,46)(H,42,50)(H,43,47)(H,48,49)(H4,38,39,40). The van der Waals surface area contributed by atoms with Crippen molar-refractivity contribution < 1.29 is 48.4 Å². The number of carbonyl (C=O) groups excluding carboxylic acids is 4. The molecule has 55 heavy (non-hydrogen) atoms. The number of likely N-dealkylation sites (tertiary alicyclic amines) is 2. The Hall–Kier alpha value is -5.10. The van der Waals surface area contributed by atoms with Gasteiger partial charge in [0.2, 0.25) is 17.7 Å². The summed E-state index contributed by atoms with van der Waals surface area (Å²) in [6.07, 6.45) is 2.95. The fourth-order valence-electron chi connectivity index (χ4n) is 8.51. The van der Waals surface area contributed by atoms with Crippen LogP contribution < -0.4 is 36.9 Å². The van der Waals surface area contributed by atoms with Crippen LogP contribution in [-0.4, -0.2) is 132 Å². The third kappa shape index (κ3) is 8.44.